The van der Waals surface area contributed by atoms with Crippen molar-refractivity contribution >= 4 is 34.8 Å². The van der Waals surface area contributed by atoms with E-state index in [0.29, 0.717) is 21.5 Å². The van der Waals surface area contributed by atoms with Crippen LogP contribution in [0.25, 0.3) is 0 Å². The van der Waals surface area contributed by atoms with Gasteiger partial charge in [-0.05, 0) is 61.4 Å². The number of amides is 1. The van der Waals surface area contributed by atoms with Crippen molar-refractivity contribution in [3.63, 3.8) is 0 Å². The lowest BCUT2D eigenvalue weighted by Gasteiger charge is -2.08. The molecule has 0 aliphatic rings. The quantitative estimate of drug-likeness (QED) is 0.578. The van der Waals surface area contributed by atoms with Crippen LogP contribution in [-0.4, -0.2) is 5.91 Å². The van der Waals surface area contributed by atoms with Crippen molar-refractivity contribution < 1.29 is 13.9 Å². The maximum Gasteiger partial charge on any atom is 0.291 e. The van der Waals surface area contributed by atoms with Crippen LogP contribution >= 0.6 is 23.2 Å². The van der Waals surface area contributed by atoms with Gasteiger partial charge in [0.05, 0.1) is 15.7 Å². The Morgan fingerprint density at radius 3 is 2.35 bits per heavy atom. The number of furan rings is 1. The van der Waals surface area contributed by atoms with Crippen LogP contribution in [0.2, 0.25) is 10.0 Å². The molecule has 26 heavy (non-hydrogen) atoms. The van der Waals surface area contributed by atoms with Crippen molar-refractivity contribution in [3.05, 3.63) is 81.2 Å². The molecular formula is C20H17Cl2NO3. The Kier molecular flexibility index (Phi) is 5.55. The Bertz CT molecular complexity index is 909. The number of aryl methyl sites for hydroxylation is 2. The minimum atomic E-state index is -0.433. The largest absolute Gasteiger partial charge is 0.486 e. The van der Waals surface area contributed by atoms with E-state index in [1.165, 1.54) is 0 Å². The zero-order chi connectivity index (χ0) is 18.7. The number of hydrogen-bond acceptors (Lipinski definition) is 3. The molecule has 134 valence electrons. The molecule has 0 unspecified atom stereocenters. The fourth-order valence-corrected chi connectivity index (χ4v) is 3.03. The molecule has 0 saturated heterocycles. The summed E-state index contributed by atoms with van der Waals surface area (Å²) >= 11 is 12.1. The molecular weight excluding hydrogens is 373 g/mol. The maximum atomic E-state index is 12.3. The third kappa shape index (κ3) is 4.40. The number of carbonyl (C=O) groups excluding carboxylic acids is 1. The summed E-state index contributed by atoms with van der Waals surface area (Å²) < 4.78 is 11.3. The fourth-order valence-electron chi connectivity index (χ4n) is 2.54. The van der Waals surface area contributed by atoms with Gasteiger partial charge in [-0.2, -0.15) is 0 Å². The minimum Gasteiger partial charge on any atom is -0.486 e. The molecule has 0 atom stereocenters. The number of rotatable bonds is 5. The van der Waals surface area contributed by atoms with Crippen molar-refractivity contribution in [2.24, 2.45) is 0 Å². The standard InChI is InChI=1S/C20H17Cl2NO3/c1-12-8-13(2)10-15(9-12)25-11-14-6-7-18(26-14)20(24)23-19-16(21)4-3-5-17(19)22/h3-10H,11H2,1-2H3,(H,23,24). The highest BCUT2D eigenvalue weighted by Crippen LogP contribution is 2.30. The van der Waals surface area contributed by atoms with E-state index in [4.69, 9.17) is 32.4 Å². The number of para-hydroxylation sites is 1. The lowest BCUT2D eigenvalue weighted by Crippen LogP contribution is -2.11. The highest BCUT2D eigenvalue weighted by Gasteiger charge is 2.15. The van der Waals surface area contributed by atoms with Gasteiger partial charge in [0.25, 0.3) is 5.91 Å². The first kappa shape index (κ1) is 18.4. The fraction of sp³-hybridized carbons (Fsp3) is 0.150. The molecule has 0 radical (unpaired) electrons. The predicted molar refractivity (Wildman–Crippen MR) is 103 cm³/mol. The van der Waals surface area contributed by atoms with Crippen molar-refractivity contribution in [2.75, 3.05) is 5.32 Å². The second-order valence-electron chi connectivity index (χ2n) is 5.93. The Hall–Kier alpha value is -2.43. The highest BCUT2D eigenvalue weighted by molar-refractivity contribution is 6.39. The van der Waals surface area contributed by atoms with E-state index in [0.717, 1.165) is 16.9 Å². The molecule has 0 aliphatic heterocycles. The van der Waals surface area contributed by atoms with E-state index in [-0.39, 0.29) is 12.4 Å². The number of nitrogens with one attached hydrogen (secondary N) is 1. The van der Waals surface area contributed by atoms with E-state index >= 15 is 0 Å². The van der Waals surface area contributed by atoms with Gasteiger partial charge in [-0.1, -0.05) is 35.3 Å². The SMILES string of the molecule is Cc1cc(C)cc(OCc2ccc(C(=O)Nc3c(Cl)cccc3Cl)o2)c1. The van der Waals surface area contributed by atoms with Gasteiger partial charge in [0.15, 0.2) is 5.76 Å². The predicted octanol–water partition coefficient (Wildman–Crippen LogP) is 6.03. The topological polar surface area (TPSA) is 51.5 Å². The molecule has 3 aromatic rings. The van der Waals surface area contributed by atoms with E-state index in [1.54, 1.807) is 30.3 Å². The van der Waals surface area contributed by atoms with Gasteiger partial charge in [-0.3, -0.25) is 4.79 Å². The van der Waals surface area contributed by atoms with E-state index in [9.17, 15) is 4.79 Å². The third-order valence-electron chi connectivity index (χ3n) is 3.66. The Morgan fingerprint density at radius 1 is 1.04 bits per heavy atom. The van der Waals surface area contributed by atoms with Crippen molar-refractivity contribution in [3.8, 4) is 5.75 Å². The van der Waals surface area contributed by atoms with Crippen LogP contribution in [0.3, 0.4) is 0 Å². The summed E-state index contributed by atoms with van der Waals surface area (Å²) in [6, 6.07) is 14.2. The lowest BCUT2D eigenvalue weighted by atomic mass is 10.1. The number of hydrogen-bond donors (Lipinski definition) is 1. The maximum absolute atomic E-state index is 12.3. The number of benzene rings is 2. The normalized spacial score (nSPS) is 10.6. The first-order chi connectivity index (χ1) is 12.4. The smallest absolute Gasteiger partial charge is 0.291 e. The first-order valence-electron chi connectivity index (χ1n) is 7.97. The molecule has 4 nitrogen and oxygen atoms in total. The molecule has 0 bridgehead atoms. The molecule has 0 fully saturated rings. The molecule has 0 spiro atoms. The molecule has 1 N–H and O–H groups in total. The summed E-state index contributed by atoms with van der Waals surface area (Å²) in [5.74, 6) is 1.02. The molecule has 6 heteroatoms. The van der Waals surface area contributed by atoms with Gasteiger partial charge in [0.2, 0.25) is 0 Å². The Morgan fingerprint density at radius 2 is 1.69 bits per heavy atom. The van der Waals surface area contributed by atoms with Crippen LogP contribution in [-0.2, 0) is 6.61 Å². The molecule has 3 rings (SSSR count). The molecule has 1 aromatic heterocycles. The van der Waals surface area contributed by atoms with Crippen LogP contribution in [0.4, 0.5) is 5.69 Å². The van der Waals surface area contributed by atoms with E-state index < -0.39 is 5.91 Å². The van der Waals surface area contributed by atoms with Crippen molar-refractivity contribution in [1.29, 1.82) is 0 Å². The van der Waals surface area contributed by atoms with Gasteiger partial charge >= 0.3 is 0 Å². The zero-order valence-corrected chi connectivity index (χ0v) is 15.8. The Labute approximate surface area is 161 Å². The van der Waals surface area contributed by atoms with Gasteiger partial charge in [-0.25, -0.2) is 0 Å². The van der Waals surface area contributed by atoms with Gasteiger partial charge in [-0.15, -0.1) is 0 Å². The number of carbonyl (C=O) groups is 1. The van der Waals surface area contributed by atoms with E-state index in [2.05, 4.69) is 11.4 Å². The monoisotopic (exact) mass is 389 g/mol. The van der Waals surface area contributed by atoms with Crippen molar-refractivity contribution in [1.82, 2.24) is 0 Å². The lowest BCUT2D eigenvalue weighted by molar-refractivity contribution is 0.0992. The van der Waals surface area contributed by atoms with Crippen LogP contribution in [0.5, 0.6) is 5.75 Å². The third-order valence-corrected chi connectivity index (χ3v) is 4.29. The Balaban J connectivity index is 1.66. The molecule has 1 heterocycles. The summed E-state index contributed by atoms with van der Waals surface area (Å²) in [5.41, 5.74) is 2.59. The number of ether oxygens (including phenoxy) is 1. The molecule has 2 aromatic carbocycles. The second-order valence-corrected chi connectivity index (χ2v) is 6.74. The molecule has 0 saturated carbocycles. The summed E-state index contributed by atoms with van der Waals surface area (Å²) in [4.78, 5) is 12.3. The number of halogens is 2. The summed E-state index contributed by atoms with van der Waals surface area (Å²) in [5, 5.41) is 3.37. The average Bonchev–Trinajstić information content (AvgIpc) is 3.05. The van der Waals surface area contributed by atoms with Gasteiger partial charge in [0, 0.05) is 0 Å². The van der Waals surface area contributed by atoms with E-state index in [1.807, 2.05) is 26.0 Å². The second kappa shape index (κ2) is 7.85. The van der Waals surface area contributed by atoms with Crippen LogP contribution in [0, 0.1) is 13.8 Å². The van der Waals surface area contributed by atoms with Gasteiger partial charge in [0.1, 0.15) is 18.1 Å². The first-order valence-corrected chi connectivity index (χ1v) is 8.73. The van der Waals surface area contributed by atoms with Crippen LogP contribution in [0.1, 0.15) is 27.4 Å². The molecule has 1 amide bonds. The van der Waals surface area contributed by atoms with Crippen molar-refractivity contribution in [2.45, 2.75) is 20.5 Å². The zero-order valence-electron chi connectivity index (χ0n) is 14.3. The van der Waals surface area contributed by atoms with Crippen LogP contribution in [0.15, 0.2) is 52.9 Å². The van der Waals surface area contributed by atoms with Gasteiger partial charge < -0.3 is 14.5 Å². The minimum absolute atomic E-state index is 0.153. The average molecular weight is 390 g/mol. The van der Waals surface area contributed by atoms with Crippen LogP contribution < -0.4 is 10.1 Å². The highest BCUT2D eigenvalue weighted by atomic mass is 35.5. The summed E-state index contributed by atoms with van der Waals surface area (Å²) in [6.45, 7) is 4.24. The summed E-state index contributed by atoms with van der Waals surface area (Å²) in [6.07, 6.45) is 0. The number of anilines is 1. The molecule has 0 aliphatic carbocycles. The summed E-state index contributed by atoms with van der Waals surface area (Å²) in [7, 11) is 0.